The number of anilines is 6. The van der Waals surface area contributed by atoms with E-state index in [0.29, 0.717) is 41.6 Å². The third-order valence-electron chi connectivity index (χ3n) is 12.3. The van der Waals surface area contributed by atoms with Crippen LogP contribution in [0.15, 0.2) is 72.9 Å². The lowest BCUT2D eigenvalue weighted by Gasteiger charge is -2.49. The number of ether oxygens (including phenoxy) is 1. The van der Waals surface area contributed by atoms with Crippen molar-refractivity contribution in [3.05, 3.63) is 83.5 Å². The highest BCUT2D eigenvalue weighted by Gasteiger charge is 2.36. The number of aromatic nitrogens is 2. The van der Waals surface area contributed by atoms with Gasteiger partial charge in [-0.25, -0.2) is 4.98 Å². The van der Waals surface area contributed by atoms with Crippen molar-refractivity contribution < 1.29 is 14.3 Å². The molecule has 2 amide bonds. The number of hydrogen-bond acceptors (Lipinski definition) is 11. The zero-order valence-corrected chi connectivity index (χ0v) is 35.4. The number of para-hydroxylation sites is 1. The van der Waals surface area contributed by atoms with Crippen molar-refractivity contribution in [1.29, 1.82) is 0 Å². The maximum atomic E-state index is 12.1. The van der Waals surface area contributed by atoms with Gasteiger partial charge in [0.1, 0.15) is 16.8 Å². The number of likely N-dealkylation sites (tertiary alicyclic amines) is 2. The molecule has 4 N–H and O–H groups in total. The van der Waals surface area contributed by atoms with Crippen molar-refractivity contribution in [1.82, 2.24) is 25.1 Å². The molecule has 14 heteroatoms. The predicted molar refractivity (Wildman–Crippen MR) is 236 cm³/mol. The average Bonchev–Trinajstić information content (AvgIpc) is 3.22. The lowest BCUT2D eigenvalue weighted by atomic mass is 9.87. The number of rotatable bonds is 13. The molecule has 0 radical (unpaired) electrons. The first-order valence-electron chi connectivity index (χ1n) is 20.6. The summed E-state index contributed by atoms with van der Waals surface area (Å²) in [6.07, 6.45) is 7.23. The van der Waals surface area contributed by atoms with Crippen molar-refractivity contribution in [2.45, 2.75) is 56.5 Å². The molecule has 306 valence electrons. The number of halogens is 1. The minimum Gasteiger partial charge on any atom is -0.495 e. The van der Waals surface area contributed by atoms with Crippen LogP contribution in [-0.2, 0) is 9.59 Å². The molecular formula is C44H55ClN9O3P. The summed E-state index contributed by atoms with van der Waals surface area (Å²) in [4.78, 5) is 40.6. The van der Waals surface area contributed by atoms with Crippen LogP contribution in [0.5, 0.6) is 5.75 Å². The molecule has 4 saturated heterocycles. The summed E-state index contributed by atoms with van der Waals surface area (Å²) >= 11 is 6.53. The highest BCUT2D eigenvalue weighted by molar-refractivity contribution is 7.64. The Labute approximate surface area is 348 Å². The number of carbonyl (C=O) groups is 2. The van der Waals surface area contributed by atoms with Gasteiger partial charge in [0.05, 0.1) is 19.0 Å². The highest BCUT2D eigenvalue weighted by Crippen LogP contribution is 2.37. The molecule has 12 nitrogen and oxygen atoms in total. The fourth-order valence-electron chi connectivity index (χ4n) is 8.86. The lowest BCUT2D eigenvalue weighted by molar-refractivity contribution is -0.133. The number of piperidine rings is 3. The second-order valence-electron chi connectivity index (χ2n) is 16.3. The Hall–Kier alpha value is -4.48. The molecule has 4 aromatic rings. The normalized spacial score (nSPS) is 20.2. The van der Waals surface area contributed by atoms with Gasteiger partial charge in [-0.1, -0.05) is 43.8 Å². The van der Waals surface area contributed by atoms with Gasteiger partial charge in [-0.05, 0) is 124 Å². The van der Waals surface area contributed by atoms with Gasteiger partial charge in [-0.3, -0.25) is 24.7 Å². The molecule has 0 aliphatic carbocycles. The van der Waals surface area contributed by atoms with E-state index in [1.165, 1.54) is 49.0 Å². The first kappa shape index (κ1) is 40.3. The Morgan fingerprint density at radius 3 is 2.38 bits per heavy atom. The minimum absolute atomic E-state index is 0.193. The SMILES string of the molecule is COc1cc(C2CCN(C3CN(CC4CCN(c5ccc(NC6CCC(=O)NC6=O)cc5)CC4)C3)CC2)ccc1Nc1ncc(Cl)c(Nc2ccccc2P(C)C)n1. The largest absolute Gasteiger partial charge is 0.495 e. The van der Waals surface area contributed by atoms with E-state index < -0.39 is 0 Å². The van der Waals surface area contributed by atoms with Gasteiger partial charge in [0, 0.05) is 62.2 Å². The van der Waals surface area contributed by atoms with Crippen molar-refractivity contribution in [3.63, 3.8) is 0 Å². The van der Waals surface area contributed by atoms with Crippen LogP contribution in [0.1, 0.15) is 50.0 Å². The number of amides is 2. The number of benzene rings is 3. The molecule has 1 unspecified atom stereocenters. The fourth-order valence-corrected chi connectivity index (χ4v) is 9.99. The number of imide groups is 1. The minimum atomic E-state index is -0.361. The van der Waals surface area contributed by atoms with Gasteiger partial charge in [-0.15, -0.1) is 0 Å². The number of hydrogen-bond donors (Lipinski definition) is 4. The van der Waals surface area contributed by atoms with Crippen LogP contribution in [0.3, 0.4) is 0 Å². The Balaban J connectivity index is 0.766. The lowest BCUT2D eigenvalue weighted by Crippen LogP contribution is -2.61. The maximum Gasteiger partial charge on any atom is 0.249 e. The molecule has 3 aromatic carbocycles. The average molecular weight is 824 g/mol. The summed E-state index contributed by atoms with van der Waals surface area (Å²) in [7, 11) is 1.41. The number of nitrogens with one attached hydrogen (secondary N) is 4. The number of nitrogens with zero attached hydrogens (tertiary/aromatic N) is 5. The van der Waals surface area contributed by atoms with Crippen LogP contribution in [0, 0.1) is 5.92 Å². The van der Waals surface area contributed by atoms with E-state index in [9.17, 15) is 9.59 Å². The summed E-state index contributed by atoms with van der Waals surface area (Å²) < 4.78 is 5.86. The van der Waals surface area contributed by atoms with Gasteiger partial charge in [0.25, 0.3) is 0 Å². The Kier molecular flexibility index (Phi) is 12.6. The summed E-state index contributed by atoms with van der Waals surface area (Å²) in [6.45, 7) is 12.4. The zero-order chi connectivity index (χ0) is 40.2. The van der Waals surface area contributed by atoms with Crippen molar-refractivity contribution in [2.24, 2.45) is 5.92 Å². The summed E-state index contributed by atoms with van der Waals surface area (Å²) in [6, 6.07) is 23.4. The van der Waals surface area contributed by atoms with Crippen LogP contribution < -0.4 is 36.2 Å². The standard InChI is InChI=1S/C44H55ClN9O3P/c1-57-39-24-31(8-13-36(39)49-44-46-25-35(45)42(51-44)48-37-6-4-5-7-40(37)58(2)3)30-18-22-54(23-19-30)34-27-52(28-34)26-29-16-20-53(21-17-29)33-11-9-32(10-12-33)47-38-14-15-41(55)50-43(38)56/h4-13,24-25,29-30,34,38,47H,14-23,26-28H2,1-3H3,(H,50,55,56)(H2,46,48,49,51). The molecule has 58 heavy (non-hydrogen) atoms. The van der Waals surface area contributed by atoms with Crippen LogP contribution in [0.25, 0.3) is 0 Å². The van der Waals surface area contributed by atoms with E-state index in [-0.39, 0.29) is 25.8 Å². The molecule has 0 spiro atoms. The van der Waals surface area contributed by atoms with E-state index in [4.69, 9.17) is 21.3 Å². The van der Waals surface area contributed by atoms with E-state index in [1.807, 2.05) is 18.2 Å². The molecule has 4 aliphatic heterocycles. The van der Waals surface area contributed by atoms with Gasteiger partial charge in [0.2, 0.25) is 17.8 Å². The van der Waals surface area contributed by atoms with Crippen molar-refractivity contribution in [3.8, 4) is 5.75 Å². The first-order chi connectivity index (χ1) is 28.2. The maximum absolute atomic E-state index is 12.1. The van der Waals surface area contributed by atoms with Gasteiger partial charge in [-0.2, -0.15) is 4.98 Å². The molecule has 0 bridgehead atoms. The number of carbonyl (C=O) groups excluding carboxylic acids is 2. The second-order valence-corrected chi connectivity index (χ2v) is 19.0. The van der Waals surface area contributed by atoms with Crippen LogP contribution in [0.4, 0.5) is 34.5 Å². The smallest absolute Gasteiger partial charge is 0.249 e. The van der Waals surface area contributed by atoms with Crippen molar-refractivity contribution in [2.75, 3.05) is 87.1 Å². The molecular weight excluding hydrogens is 769 g/mol. The molecule has 5 heterocycles. The van der Waals surface area contributed by atoms with Crippen molar-refractivity contribution >= 4 is 71.2 Å². The molecule has 4 aliphatic rings. The molecule has 4 fully saturated rings. The first-order valence-corrected chi connectivity index (χ1v) is 23.2. The topological polar surface area (TPSA) is 127 Å². The van der Waals surface area contributed by atoms with E-state index in [1.54, 1.807) is 13.3 Å². The predicted octanol–water partition coefficient (Wildman–Crippen LogP) is 6.99. The van der Waals surface area contributed by atoms with Crippen LogP contribution >= 0.6 is 19.5 Å². The third kappa shape index (κ3) is 9.52. The Morgan fingerprint density at radius 1 is 0.897 bits per heavy atom. The molecule has 1 aromatic heterocycles. The van der Waals surface area contributed by atoms with Crippen LogP contribution in [-0.4, -0.2) is 110 Å². The second kappa shape index (κ2) is 18.2. The Bertz CT molecular complexity index is 2070. The zero-order valence-electron chi connectivity index (χ0n) is 33.7. The highest BCUT2D eigenvalue weighted by atomic mass is 35.5. The third-order valence-corrected chi connectivity index (χ3v) is 13.9. The quantitative estimate of drug-likeness (QED) is 0.0824. The van der Waals surface area contributed by atoms with Gasteiger partial charge < -0.3 is 25.6 Å². The van der Waals surface area contributed by atoms with Crippen LogP contribution in [0.2, 0.25) is 5.02 Å². The van der Waals surface area contributed by atoms with E-state index in [2.05, 4.69) is 103 Å². The van der Waals surface area contributed by atoms with E-state index >= 15 is 0 Å². The van der Waals surface area contributed by atoms with Gasteiger partial charge in [0.15, 0.2) is 5.82 Å². The summed E-state index contributed by atoms with van der Waals surface area (Å²) in [5.74, 6) is 2.59. The molecule has 1 atom stereocenters. The van der Waals surface area contributed by atoms with E-state index in [0.717, 1.165) is 67.8 Å². The van der Waals surface area contributed by atoms with Gasteiger partial charge >= 0.3 is 0 Å². The fraction of sp³-hybridized carbons (Fsp3) is 0.455. The molecule has 0 saturated carbocycles. The summed E-state index contributed by atoms with van der Waals surface area (Å²) in [5.41, 5.74) is 5.27. The number of methoxy groups -OCH3 is 1. The molecule has 8 rings (SSSR count). The Morgan fingerprint density at radius 2 is 1.66 bits per heavy atom. The summed E-state index contributed by atoms with van der Waals surface area (Å²) in [5, 5.41) is 14.2. The monoisotopic (exact) mass is 823 g/mol.